The van der Waals surface area contributed by atoms with Crippen LogP contribution in [-0.4, -0.2) is 40.6 Å². The van der Waals surface area contributed by atoms with Crippen LogP contribution in [0.15, 0.2) is 0 Å². The highest BCUT2D eigenvalue weighted by atomic mass is 32.2. The summed E-state index contributed by atoms with van der Waals surface area (Å²) in [6.07, 6.45) is 6.58. The lowest BCUT2D eigenvalue weighted by atomic mass is 10.1. The van der Waals surface area contributed by atoms with Gasteiger partial charge in [-0.05, 0) is 32.9 Å². The molecule has 1 N–H and O–H groups in total. The van der Waals surface area contributed by atoms with Crippen LogP contribution in [0.3, 0.4) is 0 Å². The summed E-state index contributed by atoms with van der Waals surface area (Å²) >= 11 is 1.83. The molecule has 106 valence electrons. The maximum Gasteiger partial charge on any atom is 0.241 e. The molecule has 3 nitrogen and oxygen atoms in total. The third kappa shape index (κ3) is 3.89. The lowest BCUT2D eigenvalue weighted by Gasteiger charge is -2.32. The van der Waals surface area contributed by atoms with E-state index in [2.05, 4.69) is 44.2 Å². The van der Waals surface area contributed by atoms with E-state index in [1.54, 1.807) is 0 Å². The highest BCUT2D eigenvalue weighted by molar-refractivity contribution is 7.99. The van der Waals surface area contributed by atoms with Gasteiger partial charge in [-0.15, -0.1) is 0 Å². The van der Waals surface area contributed by atoms with E-state index in [9.17, 15) is 4.79 Å². The molecule has 18 heavy (non-hydrogen) atoms. The van der Waals surface area contributed by atoms with Gasteiger partial charge < -0.3 is 4.90 Å². The summed E-state index contributed by atoms with van der Waals surface area (Å²) in [5.74, 6) is 0.303. The van der Waals surface area contributed by atoms with Gasteiger partial charge in [-0.2, -0.15) is 11.8 Å². The number of nitrogens with one attached hydrogen (secondary N) is 1. The molecule has 2 unspecified atom stereocenters. The molecule has 0 aromatic rings. The average molecular weight is 272 g/mol. The predicted molar refractivity (Wildman–Crippen MR) is 79.8 cm³/mol. The Hall–Kier alpha value is -0.220. The van der Waals surface area contributed by atoms with Crippen LogP contribution in [0.1, 0.15) is 53.4 Å². The van der Waals surface area contributed by atoms with Gasteiger partial charge in [0.1, 0.15) is 0 Å². The third-order valence-electron chi connectivity index (χ3n) is 3.69. The topological polar surface area (TPSA) is 32.3 Å². The number of nitrogens with zero attached hydrogens (tertiary/aromatic N) is 1. The molecule has 0 saturated carbocycles. The Kier molecular flexibility index (Phi) is 5.99. The molecule has 0 aliphatic carbocycles. The van der Waals surface area contributed by atoms with Gasteiger partial charge in [0.25, 0.3) is 0 Å². The minimum atomic E-state index is 0.0487. The second kappa shape index (κ2) is 6.80. The Labute approximate surface area is 116 Å². The maximum atomic E-state index is 12.4. The summed E-state index contributed by atoms with van der Waals surface area (Å²) < 4.78 is 0.129. The quantitative estimate of drug-likeness (QED) is 0.773. The van der Waals surface area contributed by atoms with Crippen molar-refractivity contribution in [2.24, 2.45) is 0 Å². The van der Waals surface area contributed by atoms with Gasteiger partial charge >= 0.3 is 0 Å². The minimum Gasteiger partial charge on any atom is -0.324 e. The van der Waals surface area contributed by atoms with Crippen LogP contribution in [0.5, 0.6) is 0 Å². The SMILES string of the molecule is CCCCC1NC(CC)N(CC(C)(C)SC)C1=O. The van der Waals surface area contributed by atoms with Crippen LogP contribution in [0.25, 0.3) is 0 Å². The Balaban J connectivity index is 2.67. The molecule has 1 heterocycles. The van der Waals surface area contributed by atoms with Crippen molar-refractivity contribution in [3.05, 3.63) is 0 Å². The van der Waals surface area contributed by atoms with E-state index in [0.29, 0.717) is 5.91 Å². The molecule has 1 aliphatic heterocycles. The highest BCUT2D eigenvalue weighted by Gasteiger charge is 2.39. The van der Waals surface area contributed by atoms with Gasteiger partial charge in [-0.3, -0.25) is 10.1 Å². The molecular formula is C14H28N2OS. The van der Waals surface area contributed by atoms with Gasteiger partial charge in [0.15, 0.2) is 0 Å². The summed E-state index contributed by atoms with van der Waals surface area (Å²) in [4.78, 5) is 14.5. The van der Waals surface area contributed by atoms with Crippen molar-refractivity contribution in [1.29, 1.82) is 0 Å². The molecule has 0 radical (unpaired) electrons. The van der Waals surface area contributed by atoms with E-state index in [1.165, 1.54) is 0 Å². The minimum absolute atomic E-state index is 0.0487. The van der Waals surface area contributed by atoms with Crippen molar-refractivity contribution in [3.63, 3.8) is 0 Å². The van der Waals surface area contributed by atoms with Gasteiger partial charge in [-0.25, -0.2) is 0 Å². The molecule has 1 amide bonds. The van der Waals surface area contributed by atoms with Crippen molar-refractivity contribution >= 4 is 17.7 Å². The van der Waals surface area contributed by atoms with Gasteiger partial charge in [0.05, 0.1) is 12.2 Å². The zero-order valence-corrected chi connectivity index (χ0v) is 13.3. The Morgan fingerprint density at radius 1 is 1.39 bits per heavy atom. The average Bonchev–Trinajstić information content (AvgIpc) is 2.64. The fraction of sp³-hybridized carbons (Fsp3) is 0.929. The first-order valence-corrected chi connectivity index (χ1v) is 8.29. The number of thioether (sulfide) groups is 1. The van der Waals surface area contributed by atoms with Gasteiger partial charge in [0.2, 0.25) is 5.91 Å². The van der Waals surface area contributed by atoms with E-state index < -0.39 is 0 Å². The van der Waals surface area contributed by atoms with Crippen LogP contribution >= 0.6 is 11.8 Å². The van der Waals surface area contributed by atoms with Crippen LogP contribution < -0.4 is 5.32 Å². The maximum absolute atomic E-state index is 12.4. The van der Waals surface area contributed by atoms with E-state index in [0.717, 1.165) is 32.2 Å². The lowest BCUT2D eigenvalue weighted by Crippen LogP contribution is -2.44. The second-order valence-electron chi connectivity index (χ2n) is 5.72. The summed E-state index contributed by atoms with van der Waals surface area (Å²) in [6.45, 7) is 9.56. The summed E-state index contributed by atoms with van der Waals surface area (Å²) in [5.41, 5.74) is 0. The van der Waals surface area contributed by atoms with Crippen molar-refractivity contribution in [1.82, 2.24) is 10.2 Å². The first kappa shape index (κ1) is 15.8. The largest absolute Gasteiger partial charge is 0.324 e. The molecule has 1 aliphatic rings. The first-order valence-electron chi connectivity index (χ1n) is 7.06. The zero-order chi connectivity index (χ0) is 13.8. The number of unbranched alkanes of at least 4 members (excludes halogenated alkanes) is 1. The number of hydrogen-bond acceptors (Lipinski definition) is 3. The predicted octanol–water partition coefficient (Wildman–Crippen LogP) is 2.85. The standard InChI is InChI=1S/C14H28N2OS/c1-6-8-9-11-13(17)16(12(7-2)15-11)10-14(3,4)18-5/h11-12,15H,6-10H2,1-5H3. The lowest BCUT2D eigenvalue weighted by molar-refractivity contribution is -0.130. The van der Waals surface area contributed by atoms with E-state index >= 15 is 0 Å². The van der Waals surface area contributed by atoms with Crippen LogP contribution in [-0.2, 0) is 4.79 Å². The monoisotopic (exact) mass is 272 g/mol. The molecule has 1 saturated heterocycles. The number of hydrogen-bond donors (Lipinski definition) is 1. The highest BCUT2D eigenvalue weighted by Crippen LogP contribution is 2.26. The normalized spacial score (nSPS) is 24.9. The Bertz CT molecular complexity index is 281. The van der Waals surface area contributed by atoms with Crippen molar-refractivity contribution < 1.29 is 4.79 Å². The fourth-order valence-corrected chi connectivity index (χ4v) is 2.63. The van der Waals surface area contributed by atoms with Crippen LogP contribution in [0.2, 0.25) is 0 Å². The van der Waals surface area contributed by atoms with E-state index in [-0.39, 0.29) is 17.0 Å². The van der Waals surface area contributed by atoms with E-state index in [4.69, 9.17) is 0 Å². The van der Waals surface area contributed by atoms with Crippen molar-refractivity contribution in [2.75, 3.05) is 12.8 Å². The van der Waals surface area contributed by atoms with Gasteiger partial charge in [0, 0.05) is 11.3 Å². The number of carbonyl (C=O) groups is 1. The first-order chi connectivity index (χ1) is 8.45. The number of carbonyl (C=O) groups excluding carboxylic acids is 1. The Morgan fingerprint density at radius 2 is 2.06 bits per heavy atom. The Morgan fingerprint density at radius 3 is 2.56 bits per heavy atom. The second-order valence-corrected chi connectivity index (χ2v) is 7.23. The van der Waals surface area contributed by atoms with Crippen molar-refractivity contribution in [3.8, 4) is 0 Å². The summed E-state index contributed by atoms with van der Waals surface area (Å²) in [7, 11) is 0. The molecule has 1 fully saturated rings. The third-order valence-corrected chi connectivity index (χ3v) is 4.92. The molecule has 1 rings (SSSR count). The van der Waals surface area contributed by atoms with E-state index in [1.807, 2.05) is 11.8 Å². The zero-order valence-electron chi connectivity index (χ0n) is 12.5. The molecule has 0 aromatic carbocycles. The van der Waals surface area contributed by atoms with Gasteiger partial charge in [-0.1, -0.05) is 26.7 Å². The molecule has 0 aromatic heterocycles. The smallest absolute Gasteiger partial charge is 0.241 e. The van der Waals surface area contributed by atoms with Crippen molar-refractivity contribution in [2.45, 2.75) is 70.3 Å². The molecule has 0 bridgehead atoms. The number of rotatable bonds is 7. The van der Waals surface area contributed by atoms with Crippen LogP contribution in [0.4, 0.5) is 0 Å². The molecule has 2 atom stereocenters. The number of amides is 1. The fourth-order valence-electron chi connectivity index (χ4n) is 2.36. The summed E-state index contributed by atoms with van der Waals surface area (Å²) in [6, 6.07) is 0.0487. The summed E-state index contributed by atoms with van der Waals surface area (Å²) in [5, 5.41) is 3.49. The molecule has 0 spiro atoms. The molecule has 4 heteroatoms. The van der Waals surface area contributed by atoms with Crippen LogP contribution in [0, 0.1) is 0 Å². The molecular weight excluding hydrogens is 244 g/mol.